The van der Waals surface area contributed by atoms with Gasteiger partial charge in [-0.25, -0.2) is 4.79 Å². The summed E-state index contributed by atoms with van der Waals surface area (Å²) in [7, 11) is 2.09. The Morgan fingerprint density at radius 3 is 1.86 bits per heavy atom. The van der Waals surface area contributed by atoms with Crippen LogP contribution >= 0.6 is 0 Å². The largest absolute Gasteiger partial charge is 0.487 e. The Hall–Kier alpha value is -3.87. The highest BCUT2D eigenvalue weighted by Crippen LogP contribution is 2.32. The normalized spacial score (nSPS) is 9.65. The van der Waals surface area contributed by atoms with Gasteiger partial charge in [0, 0.05) is 13.6 Å². The minimum Gasteiger partial charge on any atom is -0.487 e. The summed E-state index contributed by atoms with van der Waals surface area (Å²) in [5.41, 5.74) is 5.73. The third kappa shape index (κ3) is 11.2. The van der Waals surface area contributed by atoms with E-state index >= 15 is 0 Å². The molecule has 37 heavy (non-hydrogen) atoms. The minimum absolute atomic E-state index is 0.301. The first kappa shape index (κ1) is 33.1. The molecule has 1 N–H and O–H groups in total. The summed E-state index contributed by atoms with van der Waals surface area (Å²) in [6, 6.07) is 13.3. The van der Waals surface area contributed by atoms with Crippen LogP contribution < -0.4 is 9.64 Å². The Kier molecular flexibility index (Phi) is 15.0. The standard InChI is InChI=1S/C22H29NO3.C6H8O.2CH2O/c1-14(2)12-23(6)20-10-15(3)16(4)11-21(20)26-13-19-8-7-18(22(24)25)9-17(19)5;1-5-3-4-6(2)7-5;2*1-2/h7-11,14H,12-13H2,1-6H3,(H,24,25);3-4H,1-2H3;2*1H2. The molecule has 0 unspecified atom stereocenters. The lowest BCUT2D eigenvalue weighted by Crippen LogP contribution is -2.23. The van der Waals surface area contributed by atoms with Crippen molar-refractivity contribution in [2.24, 2.45) is 5.92 Å². The number of hydrogen-bond donors (Lipinski definition) is 1. The molecule has 0 saturated heterocycles. The van der Waals surface area contributed by atoms with Crippen LogP contribution in [0.3, 0.4) is 0 Å². The lowest BCUT2D eigenvalue weighted by atomic mass is 10.1. The van der Waals surface area contributed by atoms with Gasteiger partial charge in [-0.1, -0.05) is 19.9 Å². The number of aryl methyl sites for hydroxylation is 5. The highest BCUT2D eigenvalue weighted by atomic mass is 16.5. The molecular formula is C30H41NO6. The van der Waals surface area contributed by atoms with Crippen molar-refractivity contribution in [3.63, 3.8) is 0 Å². The number of furan rings is 1. The zero-order valence-corrected chi connectivity index (χ0v) is 23.4. The van der Waals surface area contributed by atoms with Crippen LogP contribution in [0.25, 0.3) is 0 Å². The second kappa shape index (κ2) is 16.7. The first-order chi connectivity index (χ1) is 17.5. The van der Waals surface area contributed by atoms with Gasteiger partial charge in [0.2, 0.25) is 0 Å². The third-order valence-electron chi connectivity index (χ3n) is 5.47. The molecule has 0 fully saturated rings. The predicted octanol–water partition coefficient (Wildman–Crippen LogP) is 6.51. The van der Waals surface area contributed by atoms with Crippen molar-refractivity contribution in [3.8, 4) is 5.75 Å². The maximum Gasteiger partial charge on any atom is 0.335 e. The molecule has 7 nitrogen and oxygen atoms in total. The third-order valence-corrected chi connectivity index (χ3v) is 5.47. The molecule has 0 bridgehead atoms. The number of aromatic carboxylic acids is 1. The monoisotopic (exact) mass is 511 g/mol. The lowest BCUT2D eigenvalue weighted by Gasteiger charge is -2.25. The molecule has 3 rings (SSSR count). The van der Waals surface area contributed by atoms with E-state index in [1.165, 1.54) is 11.1 Å². The van der Waals surface area contributed by atoms with E-state index < -0.39 is 5.97 Å². The number of carbonyl (C=O) groups is 3. The van der Waals surface area contributed by atoms with E-state index in [4.69, 9.17) is 23.8 Å². The topological polar surface area (TPSA) is 97.0 Å². The van der Waals surface area contributed by atoms with Crippen LogP contribution in [0, 0.1) is 40.5 Å². The van der Waals surface area contributed by atoms with Crippen molar-refractivity contribution in [2.75, 3.05) is 18.5 Å². The number of carbonyl (C=O) groups excluding carboxylic acids is 2. The van der Waals surface area contributed by atoms with Gasteiger partial charge in [0.25, 0.3) is 0 Å². The molecular weight excluding hydrogens is 470 g/mol. The summed E-state index contributed by atoms with van der Waals surface area (Å²) in [5.74, 6) is 2.47. The molecule has 0 aliphatic heterocycles. The molecule has 3 aromatic rings. The van der Waals surface area contributed by atoms with Crippen molar-refractivity contribution in [1.29, 1.82) is 0 Å². The Morgan fingerprint density at radius 2 is 1.43 bits per heavy atom. The zero-order valence-electron chi connectivity index (χ0n) is 23.4. The minimum atomic E-state index is -0.910. The number of carboxylic acid groups (broad SMARTS) is 1. The second-order valence-corrected chi connectivity index (χ2v) is 9.07. The summed E-state index contributed by atoms with van der Waals surface area (Å²) < 4.78 is 11.2. The Balaban J connectivity index is 0.000000988. The zero-order chi connectivity index (χ0) is 28.7. The highest BCUT2D eigenvalue weighted by molar-refractivity contribution is 5.87. The van der Waals surface area contributed by atoms with Crippen LogP contribution in [0.15, 0.2) is 46.9 Å². The van der Waals surface area contributed by atoms with Gasteiger partial charge < -0.3 is 28.7 Å². The van der Waals surface area contributed by atoms with Crippen molar-refractivity contribution < 1.29 is 28.6 Å². The van der Waals surface area contributed by atoms with E-state index in [-0.39, 0.29) is 0 Å². The molecule has 0 aliphatic carbocycles. The van der Waals surface area contributed by atoms with Gasteiger partial charge in [-0.15, -0.1) is 0 Å². The van der Waals surface area contributed by atoms with E-state index in [9.17, 15) is 4.79 Å². The maximum absolute atomic E-state index is 11.1. The van der Waals surface area contributed by atoms with Gasteiger partial charge in [0.05, 0.1) is 11.3 Å². The van der Waals surface area contributed by atoms with Gasteiger partial charge in [-0.3, -0.25) is 0 Å². The van der Waals surface area contributed by atoms with Crippen molar-refractivity contribution in [1.82, 2.24) is 0 Å². The SMILES string of the molecule is C=O.C=O.Cc1cc(OCc2ccc(C(=O)O)cc2C)c(N(C)CC(C)C)cc1C.Cc1ccc(C)o1. The molecule has 0 amide bonds. The van der Waals surface area contributed by atoms with Crippen LogP contribution in [-0.4, -0.2) is 38.2 Å². The van der Waals surface area contributed by atoms with E-state index in [1.807, 2.05) is 52.5 Å². The molecule has 1 aromatic heterocycles. The van der Waals surface area contributed by atoms with Crippen LogP contribution in [0.1, 0.15) is 58.0 Å². The second-order valence-electron chi connectivity index (χ2n) is 9.07. The Bertz CT molecular complexity index is 1100. The van der Waals surface area contributed by atoms with Crippen LogP contribution in [0.5, 0.6) is 5.75 Å². The van der Waals surface area contributed by atoms with Gasteiger partial charge in [0.15, 0.2) is 0 Å². The molecule has 0 atom stereocenters. The number of ether oxygens (including phenoxy) is 1. The molecule has 7 heteroatoms. The fraction of sp³-hybridized carbons (Fsp3) is 0.367. The average molecular weight is 512 g/mol. The van der Waals surface area contributed by atoms with Gasteiger partial charge >= 0.3 is 5.97 Å². The average Bonchev–Trinajstić information content (AvgIpc) is 3.24. The molecule has 0 radical (unpaired) electrons. The van der Waals surface area contributed by atoms with E-state index in [1.54, 1.807) is 12.1 Å². The molecule has 1 heterocycles. The van der Waals surface area contributed by atoms with Crippen LogP contribution in [0.2, 0.25) is 0 Å². The van der Waals surface area contributed by atoms with E-state index in [0.29, 0.717) is 18.1 Å². The highest BCUT2D eigenvalue weighted by Gasteiger charge is 2.13. The Morgan fingerprint density at radius 1 is 0.892 bits per heavy atom. The number of nitrogens with zero attached hydrogens (tertiary/aromatic N) is 1. The summed E-state index contributed by atoms with van der Waals surface area (Å²) in [6.45, 7) is 19.7. The first-order valence-corrected chi connectivity index (χ1v) is 11.9. The van der Waals surface area contributed by atoms with Crippen molar-refractivity contribution >= 4 is 25.2 Å². The summed E-state index contributed by atoms with van der Waals surface area (Å²) in [4.78, 5) is 29.3. The fourth-order valence-corrected chi connectivity index (χ4v) is 3.54. The molecule has 2 aromatic carbocycles. The summed E-state index contributed by atoms with van der Waals surface area (Å²) in [6.07, 6.45) is 0. The summed E-state index contributed by atoms with van der Waals surface area (Å²) in [5, 5.41) is 9.10. The van der Waals surface area contributed by atoms with Gasteiger partial charge in [-0.2, -0.15) is 0 Å². The van der Waals surface area contributed by atoms with Crippen LogP contribution in [-0.2, 0) is 16.2 Å². The van der Waals surface area contributed by atoms with Crippen molar-refractivity contribution in [2.45, 2.75) is 55.1 Å². The molecule has 0 spiro atoms. The summed E-state index contributed by atoms with van der Waals surface area (Å²) >= 11 is 0. The predicted molar refractivity (Wildman–Crippen MR) is 149 cm³/mol. The smallest absolute Gasteiger partial charge is 0.335 e. The van der Waals surface area contributed by atoms with Gasteiger partial charge in [0.1, 0.15) is 37.5 Å². The van der Waals surface area contributed by atoms with E-state index in [2.05, 4.69) is 51.8 Å². The number of anilines is 1. The number of benzene rings is 2. The fourth-order valence-electron chi connectivity index (χ4n) is 3.54. The van der Waals surface area contributed by atoms with Gasteiger partial charge in [-0.05, 0) is 99.2 Å². The first-order valence-electron chi connectivity index (χ1n) is 11.9. The Labute approximate surface area is 221 Å². The molecule has 0 saturated carbocycles. The van der Waals surface area contributed by atoms with Crippen LogP contribution in [0.4, 0.5) is 5.69 Å². The van der Waals surface area contributed by atoms with E-state index in [0.717, 1.165) is 40.6 Å². The molecule has 0 aliphatic rings. The lowest BCUT2D eigenvalue weighted by molar-refractivity contribution is -0.0987. The number of rotatable bonds is 7. The number of carboxylic acids is 1. The maximum atomic E-state index is 11.1. The number of hydrogen-bond acceptors (Lipinski definition) is 6. The quantitative estimate of drug-likeness (QED) is 0.386. The molecule has 202 valence electrons. The van der Waals surface area contributed by atoms with Crippen molar-refractivity contribution in [3.05, 3.63) is 81.8 Å².